The molecule has 0 bridgehead atoms. The maximum Gasteiger partial charge on any atom is 0.241 e. The molecule has 1 N–H and O–H groups in total. The highest BCUT2D eigenvalue weighted by Crippen LogP contribution is 2.29. The topological polar surface area (TPSA) is 84.9 Å². The Morgan fingerprint density at radius 3 is 2.21 bits per heavy atom. The zero-order valence-electron chi connectivity index (χ0n) is 17.6. The average molecular weight is 421 g/mol. The number of amides is 1. The van der Waals surface area contributed by atoms with Gasteiger partial charge in [-0.2, -0.15) is 0 Å². The monoisotopic (exact) mass is 420 g/mol. The maximum atomic E-state index is 12.7. The van der Waals surface area contributed by atoms with Gasteiger partial charge in [0.25, 0.3) is 0 Å². The highest BCUT2D eigenvalue weighted by atomic mass is 32.2. The molecule has 0 saturated carbocycles. The molecule has 0 aliphatic carbocycles. The number of methoxy groups -OCH3 is 2. The van der Waals surface area contributed by atoms with Gasteiger partial charge in [0.05, 0.1) is 32.2 Å². The minimum atomic E-state index is -3.64. The molecule has 0 aliphatic rings. The average Bonchev–Trinajstić information content (AvgIpc) is 2.63. The van der Waals surface area contributed by atoms with E-state index in [1.54, 1.807) is 51.5 Å². The third kappa shape index (κ3) is 5.87. The van der Waals surface area contributed by atoms with E-state index in [0.29, 0.717) is 17.2 Å². The van der Waals surface area contributed by atoms with E-state index < -0.39 is 22.0 Å². The van der Waals surface area contributed by atoms with Gasteiger partial charge in [-0.05, 0) is 62.2 Å². The van der Waals surface area contributed by atoms with Gasteiger partial charge in [0, 0.05) is 5.56 Å². The van der Waals surface area contributed by atoms with Crippen molar-refractivity contribution in [2.45, 2.75) is 26.8 Å². The molecule has 0 fully saturated rings. The molecule has 158 valence electrons. The molecule has 0 spiro atoms. The van der Waals surface area contributed by atoms with E-state index in [1.807, 2.05) is 19.9 Å². The Hall–Kier alpha value is -2.74. The molecule has 29 heavy (non-hydrogen) atoms. The SMILES string of the molecule is COc1ccc(OC)c([C@@H](C)NC(=O)CN(c2cc(C)cc(C)c2)S(C)(=O)=O)c1. The van der Waals surface area contributed by atoms with Crippen molar-refractivity contribution in [2.75, 3.05) is 31.3 Å². The summed E-state index contributed by atoms with van der Waals surface area (Å²) in [5.74, 6) is 0.815. The number of rotatable bonds is 8. The third-order valence-electron chi connectivity index (χ3n) is 4.46. The molecule has 0 radical (unpaired) electrons. The van der Waals surface area contributed by atoms with Crippen LogP contribution in [0.15, 0.2) is 36.4 Å². The van der Waals surface area contributed by atoms with Gasteiger partial charge < -0.3 is 14.8 Å². The fourth-order valence-electron chi connectivity index (χ4n) is 3.17. The first kappa shape index (κ1) is 22.5. The van der Waals surface area contributed by atoms with E-state index in [4.69, 9.17) is 9.47 Å². The van der Waals surface area contributed by atoms with E-state index in [-0.39, 0.29) is 6.54 Å². The molecule has 2 aromatic rings. The lowest BCUT2D eigenvalue weighted by Crippen LogP contribution is -2.41. The Bertz CT molecular complexity index is 968. The van der Waals surface area contributed by atoms with Crippen molar-refractivity contribution in [1.82, 2.24) is 5.32 Å². The lowest BCUT2D eigenvalue weighted by Gasteiger charge is -2.24. The molecule has 1 amide bonds. The smallest absolute Gasteiger partial charge is 0.241 e. The molecular formula is C21H28N2O5S. The summed E-state index contributed by atoms with van der Waals surface area (Å²) in [5, 5.41) is 2.84. The third-order valence-corrected chi connectivity index (χ3v) is 5.60. The van der Waals surface area contributed by atoms with Crippen LogP contribution in [-0.4, -0.2) is 41.3 Å². The van der Waals surface area contributed by atoms with Gasteiger partial charge in [0.15, 0.2) is 0 Å². The first-order chi connectivity index (χ1) is 13.5. The quantitative estimate of drug-likeness (QED) is 0.710. The minimum absolute atomic E-state index is 0.321. The van der Waals surface area contributed by atoms with Crippen LogP contribution in [0.25, 0.3) is 0 Å². The number of hydrogen-bond acceptors (Lipinski definition) is 5. The standard InChI is InChI=1S/C21H28N2O5S/c1-14-9-15(2)11-17(10-14)23(29(6,25)26)13-21(24)22-16(3)19-12-18(27-4)7-8-20(19)28-5/h7-12,16H,13H2,1-6H3,(H,22,24)/t16-/m1/s1. The lowest BCUT2D eigenvalue weighted by atomic mass is 10.1. The summed E-state index contributed by atoms with van der Waals surface area (Å²) in [7, 11) is -0.538. The Kier molecular flexibility index (Phi) is 7.13. The van der Waals surface area contributed by atoms with Crippen molar-refractivity contribution >= 4 is 21.6 Å². The van der Waals surface area contributed by atoms with Gasteiger partial charge in [-0.1, -0.05) is 6.07 Å². The van der Waals surface area contributed by atoms with Crippen LogP contribution >= 0.6 is 0 Å². The van der Waals surface area contributed by atoms with Crippen molar-refractivity contribution in [3.8, 4) is 11.5 Å². The van der Waals surface area contributed by atoms with Crippen LogP contribution in [0.2, 0.25) is 0 Å². The molecule has 0 aliphatic heterocycles. The number of carbonyl (C=O) groups excluding carboxylic acids is 1. The van der Waals surface area contributed by atoms with Crippen molar-refractivity contribution in [3.63, 3.8) is 0 Å². The lowest BCUT2D eigenvalue weighted by molar-refractivity contribution is -0.120. The zero-order valence-corrected chi connectivity index (χ0v) is 18.5. The van der Waals surface area contributed by atoms with Crippen LogP contribution in [0.4, 0.5) is 5.69 Å². The van der Waals surface area contributed by atoms with E-state index in [2.05, 4.69) is 5.32 Å². The van der Waals surface area contributed by atoms with Crippen molar-refractivity contribution in [1.29, 1.82) is 0 Å². The largest absolute Gasteiger partial charge is 0.497 e. The van der Waals surface area contributed by atoms with Crippen LogP contribution in [0.3, 0.4) is 0 Å². The fraction of sp³-hybridized carbons (Fsp3) is 0.381. The normalized spacial score (nSPS) is 12.2. The number of anilines is 1. The van der Waals surface area contributed by atoms with Gasteiger partial charge in [-0.3, -0.25) is 9.10 Å². The summed E-state index contributed by atoms with van der Waals surface area (Å²) in [5.41, 5.74) is 3.04. The summed E-state index contributed by atoms with van der Waals surface area (Å²) in [6, 6.07) is 10.3. The van der Waals surface area contributed by atoms with Crippen molar-refractivity contribution < 1.29 is 22.7 Å². The van der Waals surface area contributed by atoms with Crippen molar-refractivity contribution in [2.24, 2.45) is 0 Å². The molecule has 2 aromatic carbocycles. The van der Waals surface area contributed by atoms with Crippen LogP contribution in [0.1, 0.15) is 29.7 Å². The highest BCUT2D eigenvalue weighted by molar-refractivity contribution is 7.92. The number of hydrogen-bond donors (Lipinski definition) is 1. The second-order valence-corrected chi connectivity index (χ2v) is 8.92. The summed E-state index contributed by atoms with van der Waals surface area (Å²) >= 11 is 0. The number of sulfonamides is 1. The van der Waals surface area contributed by atoms with Gasteiger partial charge in [-0.15, -0.1) is 0 Å². The Morgan fingerprint density at radius 2 is 1.69 bits per heavy atom. The second-order valence-electron chi connectivity index (χ2n) is 7.01. The molecule has 0 unspecified atom stereocenters. The Morgan fingerprint density at radius 1 is 1.07 bits per heavy atom. The van der Waals surface area contributed by atoms with Gasteiger partial charge >= 0.3 is 0 Å². The predicted octanol–water partition coefficient (Wildman–Crippen LogP) is 2.96. The Labute approximate surface area is 172 Å². The van der Waals surface area contributed by atoms with E-state index in [0.717, 1.165) is 27.3 Å². The molecular weight excluding hydrogens is 392 g/mol. The van der Waals surface area contributed by atoms with Gasteiger partial charge in [0.1, 0.15) is 18.0 Å². The van der Waals surface area contributed by atoms with Gasteiger partial charge in [-0.25, -0.2) is 8.42 Å². The molecule has 2 rings (SSSR count). The molecule has 0 aromatic heterocycles. The first-order valence-electron chi connectivity index (χ1n) is 9.12. The predicted molar refractivity (Wildman–Crippen MR) is 114 cm³/mol. The molecule has 0 heterocycles. The number of ether oxygens (including phenoxy) is 2. The fourth-order valence-corrected chi connectivity index (χ4v) is 4.01. The highest BCUT2D eigenvalue weighted by Gasteiger charge is 2.23. The van der Waals surface area contributed by atoms with Crippen molar-refractivity contribution in [3.05, 3.63) is 53.1 Å². The summed E-state index contributed by atoms with van der Waals surface area (Å²) in [6.45, 7) is 5.25. The van der Waals surface area contributed by atoms with E-state index in [1.165, 1.54) is 0 Å². The number of aryl methyl sites for hydroxylation is 2. The summed E-state index contributed by atoms with van der Waals surface area (Å²) in [6.07, 6.45) is 1.09. The molecule has 7 nitrogen and oxygen atoms in total. The summed E-state index contributed by atoms with van der Waals surface area (Å²) in [4.78, 5) is 12.7. The van der Waals surface area contributed by atoms with Crippen LogP contribution in [-0.2, 0) is 14.8 Å². The van der Waals surface area contributed by atoms with E-state index >= 15 is 0 Å². The first-order valence-corrected chi connectivity index (χ1v) is 11.0. The number of benzene rings is 2. The molecule has 1 atom stereocenters. The number of nitrogens with zero attached hydrogens (tertiary/aromatic N) is 1. The van der Waals surface area contributed by atoms with Gasteiger partial charge in [0.2, 0.25) is 15.9 Å². The number of nitrogens with one attached hydrogen (secondary N) is 1. The number of carbonyl (C=O) groups is 1. The molecule has 8 heteroatoms. The minimum Gasteiger partial charge on any atom is -0.497 e. The molecule has 0 saturated heterocycles. The van der Waals surface area contributed by atoms with E-state index in [9.17, 15) is 13.2 Å². The van der Waals surface area contributed by atoms with Crippen LogP contribution in [0, 0.1) is 13.8 Å². The maximum absolute atomic E-state index is 12.7. The summed E-state index contributed by atoms with van der Waals surface area (Å²) < 4.78 is 36.4. The van der Waals surface area contributed by atoms with Crippen LogP contribution < -0.4 is 19.1 Å². The zero-order chi connectivity index (χ0) is 21.8. The second kappa shape index (κ2) is 9.17. The van der Waals surface area contributed by atoms with Crippen LogP contribution in [0.5, 0.6) is 11.5 Å². The Balaban J connectivity index is 2.25.